The number of ether oxygens (including phenoxy) is 2. The van der Waals surface area contributed by atoms with Crippen LogP contribution in [0.4, 0.5) is 0 Å². The Morgan fingerprint density at radius 3 is 2.45 bits per heavy atom. The lowest BCUT2D eigenvalue weighted by Crippen LogP contribution is -2.06. The normalized spacial score (nSPS) is 10.3. The molecule has 0 atom stereocenters. The molecule has 1 heterocycles. The third kappa shape index (κ3) is 3.45. The Kier molecular flexibility index (Phi) is 4.90. The van der Waals surface area contributed by atoms with Crippen LogP contribution in [0.1, 0.15) is 18.1 Å². The second-order valence-corrected chi connectivity index (χ2v) is 4.35. The first kappa shape index (κ1) is 14.3. The number of hydrogen-bond acceptors (Lipinski definition) is 5. The average molecular weight is 273 g/mol. The van der Waals surface area contributed by atoms with Crippen LogP contribution in [-0.4, -0.2) is 24.1 Å². The van der Waals surface area contributed by atoms with Gasteiger partial charge in [-0.15, -0.1) is 0 Å². The molecule has 20 heavy (non-hydrogen) atoms. The number of benzene rings is 1. The van der Waals surface area contributed by atoms with Gasteiger partial charge < -0.3 is 14.8 Å². The fourth-order valence-corrected chi connectivity index (χ4v) is 1.81. The van der Waals surface area contributed by atoms with Crippen LogP contribution in [0.3, 0.4) is 0 Å². The molecule has 0 spiro atoms. The van der Waals surface area contributed by atoms with Gasteiger partial charge in [-0.3, -0.25) is 0 Å². The Hall–Kier alpha value is -2.14. The molecule has 0 bridgehead atoms. The van der Waals surface area contributed by atoms with Crippen LogP contribution in [0, 0.1) is 0 Å². The highest BCUT2D eigenvalue weighted by Crippen LogP contribution is 2.30. The molecule has 2 rings (SSSR count). The van der Waals surface area contributed by atoms with Crippen molar-refractivity contribution in [1.29, 1.82) is 0 Å². The number of methoxy groups -OCH3 is 1. The first-order valence-corrected chi connectivity index (χ1v) is 6.57. The zero-order valence-corrected chi connectivity index (χ0v) is 12.0. The maximum atomic E-state index is 5.67. The van der Waals surface area contributed by atoms with E-state index >= 15 is 0 Å². The van der Waals surface area contributed by atoms with Gasteiger partial charge in [0.05, 0.1) is 7.11 Å². The molecular formula is C15H19N3O2. The van der Waals surface area contributed by atoms with Crippen molar-refractivity contribution < 1.29 is 9.47 Å². The van der Waals surface area contributed by atoms with E-state index in [1.165, 1.54) is 5.56 Å². The number of aryl methyl sites for hydroxylation is 1. The Morgan fingerprint density at radius 1 is 1.10 bits per heavy atom. The topological polar surface area (TPSA) is 56.3 Å². The van der Waals surface area contributed by atoms with Crippen molar-refractivity contribution in [1.82, 2.24) is 15.3 Å². The first-order chi connectivity index (χ1) is 9.76. The van der Waals surface area contributed by atoms with Crippen LogP contribution in [0.5, 0.6) is 17.5 Å². The lowest BCUT2D eigenvalue weighted by atomic mass is 10.1. The van der Waals surface area contributed by atoms with E-state index in [2.05, 4.69) is 22.2 Å². The van der Waals surface area contributed by atoms with Gasteiger partial charge in [-0.25, -0.2) is 9.97 Å². The van der Waals surface area contributed by atoms with E-state index in [0.29, 0.717) is 17.5 Å². The van der Waals surface area contributed by atoms with Gasteiger partial charge in [-0.05, 0) is 31.2 Å². The van der Waals surface area contributed by atoms with E-state index in [4.69, 9.17) is 9.47 Å². The second kappa shape index (κ2) is 6.86. The number of aromatic nitrogens is 2. The van der Waals surface area contributed by atoms with E-state index in [0.717, 1.165) is 18.5 Å². The molecule has 5 heteroatoms. The standard InChI is InChI=1S/C15H19N3O2/c1-4-11-5-6-13(14(7-11)19-3)20-15-17-9-12(8-16-2)10-18-15/h5-7,9-10,16H,4,8H2,1-3H3. The van der Waals surface area contributed by atoms with Gasteiger partial charge in [0.15, 0.2) is 11.5 Å². The van der Waals surface area contributed by atoms with E-state index in [9.17, 15) is 0 Å². The Labute approximate surface area is 119 Å². The van der Waals surface area contributed by atoms with Gasteiger partial charge in [0, 0.05) is 24.5 Å². The summed E-state index contributed by atoms with van der Waals surface area (Å²) in [6.07, 6.45) is 4.43. The lowest BCUT2D eigenvalue weighted by molar-refractivity contribution is 0.367. The van der Waals surface area contributed by atoms with Gasteiger partial charge in [-0.1, -0.05) is 13.0 Å². The summed E-state index contributed by atoms with van der Waals surface area (Å²) in [5.74, 6) is 1.30. The number of rotatable bonds is 6. The molecule has 0 aliphatic carbocycles. The molecule has 0 saturated carbocycles. The molecule has 2 aromatic rings. The number of nitrogens with one attached hydrogen (secondary N) is 1. The van der Waals surface area contributed by atoms with Gasteiger partial charge in [0.1, 0.15) is 0 Å². The van der Waals surface area contributed by atoms with E-state index in [1.54, 1.807) is 19.5 Å². The van der Waals surface area contributed by atoms with Crippen LogP contribution in [0.25, 0.3) is 0 Å². The van der Waals surface area contributed by atoms with Crippen molar-refractivity contribution in [3.63, 3.8) is 0 Å². The molecule has 0 radical (unpaired) electrons. The molecule has 1 N–H and O–H groups in total. The summed E-state index contributed by atoms with van der Waals surface area (Å²) < 4.78 is 11.0. The molecule has 0 saturated heterocycles. The van der Waals surface area contributed by atoms with Crippen molar-refractivity contribution in [2.45, 2.75) is 19.9 Å². The zero-order valence-electron chi connectivity index (χ0n) is 12.0. The van der Waals surface area contributed by atoms with Crippen LogP contribution in [0.15, 0.2) is 30.6 Å². The van der Waals surface area contributed by atoms with Crippen molar-refractivity contribution in [3.05, 3.63) is 41.7 Å². The molecule has 1 aromatic heterocycles. The fourth-order valence-electron chi connectivity index (χ4n) is 1.81. The molecule has 106 valence electrons. The lowest BCUT2D eigenvalue weighted by Gasteiger charge is -2.10. The van der Waals surface area contributed by atoms with Crippen molar-refractivity contribution in [3.8, 4) is 17.5 Å². The minimum Gasteiger partial charge on any atom is -0.493 e. The molecule has 5 nitrogen and oxygen atoms in total. The highest BCUT2D eigenvalue weighted by molar-refractivity contribution is 5.44. The molecule has 0 amide bonds. The van der Waals surface area contributed by atoms with Gasteiger partial charge >= 0.3 is 6.01 Å². The van der Waals surface area contributed by atoms with Gasteiger partial charge in [-0.2, -0.15) is 0 Å². The molecule has 1 aromatic carbocycles. The summed E-state index contributed by atoms with van der Waals surface area (Å²) in [6, 6.07) is 6.16. The Morgan fingerprint density at radius 2 is 1.85 bits per heavy atom. The second-order valence-electron chi connectivity index (χ2n) is 4.35. The maximum Gasteiger partial charge on any atom is 0.322 e. The van der Waals surface area contributed by atoms with Crippen LogP contribution in [-0.2, 0) is 13.0 Å². The van der Waals surface area contributed by atoms with E-state index in [1.807, 2.05) is 25.2 Å². The predicted molar refractivity (Wildman–Crippen MR) is 77.2 cm³/mol. The molecule has 0 unspecified atom stereocenters. The molecule has 0 aliphatic rings. The molecule has 0 aliphatic heterocycles. The van der Waals surface area contributed by atoms with E-state index in [-0.39, 0.29) is 0 Å². The van der Waals surface area contributed by atoms with Gasteiger partial charge in [0.2, 0.25) is 0 Å². The van der Waals surface area contributed by atoms with Crippen molar-refractivity contribution in [2.75, 3.05) is 14.2 Å². The van der Waals surface area contributed by atoms with Crippen molar-refractivity contribution in [2.24, 2.45) is 0 Å². The van der Waals surface area contributed by atoms with Crippen LogP contribution >= 0.6 is 0 Å². The summed E-state index contributed by atoms with van der Waals surface area (Å²) in [7, 11) is 3.50. The summed E-state index contributed by atoms with van der Waals surface area (Å²) in [5, 5.41) is 3.04. The average Bonchev–Trinajstić information content (AvgIpc) is 2.50. The van der Waals surface area contributed by atoms with Crippen LogP contribution in [0.2, 0.25) is 0 Å². The summed E-state index contributed by atoms with van der Waals surface area (Å²) in [6.45, 7) is 2.83. The highest BCUT2D eigenvalue weighted by Gasteiger charge is 2.08. The SMILES string of the molecule is CCc1ccc(Oc2ncc(CNC)cn2)c(OC)c1. The van der Waals surface area contributed by atoms with Crippen molar-refractivity contribution >= 4 is 0 Å². The Bertz CT molecular complexity index is 556. The third-order valence-corrected chi connectivity index (χ3v) is 2.90. The smallest absolute Gasteiger partial charge is 0.322 e. The summed E-state index contributed by atoms with van der Waals surface area (Å²) in [4.78, 5) is 8.36. The monoisotopic (exact) mass is 273 g/mol. The zero-order chi connectivity index (χ0) is 14.4. The molecule has 0 fully saturated rings. The molecular weight excluding hydrogens is 254 g/mol. The van der Waals surface area contributed by atoms with Gasteiger partial charge in [0.25, 0.3) is 0 Å². The maximum absolute atomic E-state index is 5.67. The Balaban J connectivity index is 2.16. The predicted octanol–water partition coefficient (Wildman–Crippen LogP) is 2.56. The summed E-state index contributed by atoms with van der Waals surface area (Å²) in [5.41, 5.74) is 2.20. The van der Waals surface area contributed by atoms with Crippen LogP contribution < -0.4 is 14.8 Å². The third-order valence-electron chi connectivity index (χ3n) is 2.90. The van der Waals surface area contributed by atoms with E-state index < -0.39 is 0 Å². The number of hydrogen-bond donors (Lipinski definition) is 1. The largest absolute Gasteiger partial charge is 0.493 e. The first-order valence-electron chi connectivity index (χ1n) is 6.57. The highest BCUT2D eigenvalue weighted by atomic mass is 16.5. The number of nitrogens with zero attached hydrogens (tertiary/aromatic N) is 2. The quantitative estimate of drug-likeness (QED) is 0.876. The fraction of sp³-hybridized carbons (Fsp3) is 0.333. The summed E-state index contributed by atoms with van der Waals surface area (Å²) >= 11 is 0. The minimum absolute atomic E-state index is 0.312. The minimum atomic E-state index is 0.312.